The summed E-state index contributed by atoms with van der Waals surface area (Å²) in [6, 6.07) is 5.67. The van der Waals surface area contributed by atoms with Crippen LogP contribution in [-0.4, -0.2) is 23.7 Å². The molecular formula is C15H23NO2. The number of hydrogen-bond acceptors (Lipinski definition) is 2. The van der Waals surface area contributed by atoms with Crippen LogP contribution in [0.25, 0.3) is 0 Å². The van der Waals surface area contributed by atoms with Gasteiger partial charge in [-0.05, 0) is 49.4 Å². The van der Waals surface area contributed by atoms with Gasteiger partial charge in [-0.1, -0.05) is 19.9 Å². The molecule has 0 radical (unpaired) electrons. The van der Waals surface area contributed by atoms with Crippen molar-refractivity contribution in [2.45, 2.75) is 40.2 Å². The zero-order valence-electron chi connectivity index (χ0n) is 11.7. The van der Waals surface area contributed by atoms with Gasteiger partial charge in [0.25, 0.3) is 5.91 Å². The molecule has 0 aliphatic heterocycles. The molecule has 3 heteroatoms. The molecular weight excluding hydrogens is 226 g/mol. The Balaban J connectivity index is 2.48. The predicted molar refractivity (Wildman–Crippen MR) is 73.7 cm³/mol. The topological polar surface area (TPSA) is 49.3 Å². The zero-order chi connectivity index (χ0) is 13.7. The number of hydrogen-bond donors (Lipinski definition) is 2. The van der Waals surface area contributed by atoms with Crippen LogP contribution < -0.4 is 5.32 Å². The standard InChI is InChI=1S/C15H23NO2/c1-10(2)14(17)7-8-16-15(18)13-6-5-11(3)12(4)9-13/h5-6,9-10,14,17H,7-8H2,1-4H3,(H,16,18). The highest BCUT2D eigenvalue weighted by Gasteiger charge is 2.10. The van der Waals surface area contributed by atoms with E-state index in [-0.39, 0.29) is 17.9 Å². The van der Waals surface area contributed by atoms with E-state index in [0.29, 0.717) is 18.5 Å². The SMILES string of the molecule is Cc1ccc(C(=O)NCCC(O)C(C)C)cc1C. The Labute approximate surface area is 109 Å². The minimum absolute atomic E-state index is 0.0749. The van der Waals surface area contributed by atoms with Crippen LogP contribution in [0, 0.1) is 19.8 Å². The second-order valence-electron chi connectivity index (χ2n) is 5.15. The van der Waals surface area contributed by atoms with Crippen molar-refractivity contribution in [1.29, 1.82) is 0 Å². The van der Waals surface area contributed by atoms with Gasteiger partial charge in [-0.25, -0.2) is 0 Å². The fourth-order valence-corrected chi connectivity index (χ4v) is 1.65. The lowest BCUT2D eigenvalue weighted by Gasteiger charge is -2.14. The number of rotatable bonds is 5. The maximum absolute atomic E-state index is 11.9. The number of nitrogens with one attached hydrogen (secondary N) is 1. The van der Waals surface area contributed by atoms with Crippen molar-refractivity contribution < 1.29 is 9.90 Å². The summed E-state index contributed by atoms with van der Waals surface area (Å²) in [6.07, 6.45) is 0.235. The lowest BCUT2D eigenvalue weighted by molar-refractivity contribution is 0.0920. The number of benzene rings is 1. The minimum atomic E-state index is -0.356. The van der Waals surface area contributed by atoms with Crippen LogP contribution in [0.1, 0.15) is 41.8 Å². The van der Waals surface area contributed by atoms with Gasteiger partial charge in [0.2, 0.25) is 0 Å². The third kappa shape index (κ3) is 4.15. The fraction of sp³-hybridized carbons (Fsp3) is 0.533. The van der Waals surface area contributed by atoms with Gasteiger partial charge < -0.3 is 10.4 Å². The van der Waals surface area contributed by atoms with E-state index in [2.05, 4.69) is 5.32 Å². The van der Waals surface area contributed by atoms with Crippen molar-refractivity contribution in [3.63, 3.8) is 0 Å². The summed E-state index contributed by atoms with van der Waals surface area (Å²) in [5.74, 6) is 0.151. The molecule has 0 aliphatic rings. The Morgan fingerprint density at radius 1 is 1.28 bits per heavy atom. The average molecular weight is 249 g/mol. The van der Waals surface area contributed by atoms with Crippen molar-refractivity contribution in [3.8, 4) is 0 Å². The quantitative estimate of drug-likeness (QED) is 0.842. The van der Waals surface area contributed by atoms with Gasteiger partial charge in [0.1, 0.15) is 0 Å². The van der Waals surface area contributed by atoms with Crippen molar-refractivity contribution >= 4 is 5.91 Å². The number of carbonyl (C=O) groups is 1. The van der Waals surface area contributed by atoms with Crippen LogP contribution in [0.4, 0.5) is 0 Å². The smallest absolute Gasteiger partial charge is 0.251 e. The van der Waals surface area contributed by atoms with Crippen LogP contribution in [0.3, 0.4) is 0 Å². The molecule has 18 heavy (non-hydrogen) atoms. The van der Waals surface area contributed by atoms with E-state index in [1.807, 2.05) is 45.9 Å². The molecule has 0 fully saturated rings. The van der Waals surface area contributed by atoms with Gasteiger partial charge in [0.15, 0.2) is 0 Å². The summed E-state index contributed by atoms with van der Waals surface area (Å²) in [7, 11) is 0. The van der Waals surface area contributed by atoms with Crippen molar-refractivity contribution in [2.75, 3.05) is 6.54 Å². The van der Waals surface area contributed by atoms with E-state index in [4.69, 9.17) is 0 Å². The Morgan fingerprint density at radius 3 is 2.50 bits per heavy atom. The van der Waals surface area contributed by atoms with E-state index in [1.54, 1.807) is 0 Å². The molecule has 0 heterocycles. The van der Waals surface area contributed by atoms with E-state index in [9.17, 15) is 9.90 Å². The maximum atomic E-state index is 11.9. The summed E-state index contributed by atoms with van der Waals surface area (Å²) < 4.78 is 0. The van der Waals surface area contributed by atoms with E-state index < -0.39 is 0 Å². The molecule has 1 amide bonds. The molecule has 0 bridgehead atoms. The molecule has 1 aromatic rings. The highest BCUT2D eigenvalue weighted by Crippen LogP contribution is 2.10. The van der Waals surface area contributed by atoms with Crippen molar-refractivity contribution in [1.82, 2.24) is 5.32 Å². The number of carbonyl (C=O) groups excluding carboxylic acids is 1. The summed E-state index contributed by atoms with van der Waals surface area (Å²) >= 11 is 0. The van der Waals surface area contributed by atoms with Crippen LogP contribution in [0.5, 0.6) is 0 Å². The summed E-state index contributed by atoms with van der Waals surface area (Å²) in [5.41, 5.74) is 2.98. The molecule has 0 spiro atoms. The molecule has 1 atom stereocenters. The molecule has 2 N–H and O–H groups in total. The molecule has 0 saturated heterocycles. The van der Waals surface area contributed by atoms with Crippen LogP contribution >= 0.6 is 0 Å². The average Bonchev–Trinajstić information content (AvgIpc) is 2.32. The number of aryl methyl sites for hydroxylation is 2. The summed E-state index contributed by atoms with van der Waals surface area (Å²) in [4.78, 5) is 11.9. The van der Waals surface area contributed by atoms with Crippen LogP contribution in [0.2, 0.25) is 0 Å². The van der Waals surface area contributed by atoms with Gasteiger partial charge in [0.05, 0.1) is 6.10 Å². The monoisotopic (exact) mass is 249 g/mol. The van der Waals surface area contributed by atoms with Gasteiger partial charge in [-0.3, -0.25) is 4.79 Å². The van der Waals surface area contributed by atoms with Gasteiger partial charge in [-0.15, -0.1) is 0 Å². The summed E-state index contributed by atoms with van der Waals surface area (Å²) in [5, 5.41) is 12.5. The zero-order valence-corrected chi connectivity index (χ0v) is 11.7. The molecule has 1 unspecified atom stereocenters. The van der Waals surface area contributed by atoms with Crippen molar-refractivity contribution in [2.24, 2.45) is 5.92 Å². The fourth-order valence-electron chi connectivity index (χ4n) is 1.65. The molecule has 1 aromatic carbocycles. The van der Waals surface area contributed by atoms with Crippen LogP contribution in [-0.2, 0) is 0 Å². The predicted octanol–water partition coefficient (Wildman–Crippen LogP) is 2.44. The number of amides is 1. The third-order valence-corrected chi connectivity index (χ3v) is 3.26. The Hall–Kier alpha value is -1.35. The lowest BCUT2D eigenvalue weighted by atomic mass is 10.0. The first-order chi connectivity index (χ1) is 8.41. The van der Waals surface area contributed by atoms with E-state index >= 15 is 0 Å². The second kappa shape index (κ2) is 6.55. The summed E-state index contributed by atoms with van der Waals surface area (Å²) in [6.45, 7) is 8.46. The second-order valence-corrected chi connectivity index (χ2v) is 5.15. The maximum Gasteiger partial charge on any atom is 0.251 e. The molecule has 0 aromatic heterocycles. The van der Waals surface area contributed by atoms with Gasteiger partial charge >= 0.3 is 0 Å². The molecule has 3 nitrogen and oxygen atoms in total. The Bertz CT molecular complexity index is 413. The van der Waals surface area contributed by atoms with Crippen molar-refractivity contribution in [3.05, 3.63) is 34.9 Å². The third-order valence-electron chi connectivity index (χ3n) is 3.26. The molecule has 0 aliphatic carbocycles. The minimum Gasteiger partial charge on any atom is -0.393 e. The first kappa shape index (κ1) is 14.7. The van der Waals surface area contributed by atoms with Crippen LogP contribution in [0.15, 0.2) is 18.2 Å². The normalized spacial score (nSPS) is 12.6. The lowest BCUT2D eigenvalue weighted by Crippen LogP contribution is -2.28. The molecule has 1 rings (SSSR count). The highest BCUT2D eigenvalue weighted by atomic mass is 16.3. The molecule has 100 valence electrons. The number of aliphatic hydroxyl groups excluding tert-OH is 1. The highest BCUT2D eigenvalue weighted by molar-refractivity contribution is 5.94. The molecule has 0 saturated carbocycles. The van der Waals surface area contributed by atoms with E-state index in [1.165, 1.54) is 5.56 Å². The van der Waals surface area contributed by atoms with Gasteiger partial charge in [-0.2, -0.15) is 0 Å². The van der Waals surface area contributed by atoms with Gasteiger partial charge in [0, 0.05) is 12.1 Å². The number of aliphatic hydroxyl groups is 1. The first-order valence-corrected chi connectivity index (χ1v) is 6.45. The van der Waals surface area contributed by atoms with E-state index in [0.717, 1.165) is 5.56 Å². The first-order valence-electron chi connectivity index (χ1n) is 6.45. The largest absolute Gasteiger partial charge is 0.393 e. The Morgan fingerprint density at radius 2 is 1.94 bits per heavy atom. The Kier molecular flexibility index (Phi) is 5.35.